The molecule has 6 nitrogen and oxygen atoms in total. The number of fused-ring (bicyclic) bond motifs is 1. The number of carbonyl (C=O) groups is 1. The van der Waals surface area contributed by atoms with Gasteiger partial charge in [-0.15, -0.1) is 12.4 Å². The summed E-state index contributed by atoms with van der Waals surface area (Å²) in [5.74, 6) is -1.21. The molecule has 0 spiro atoms. The van der Waals surface area contributed by atoms with Gasteiger partial charge in [0, 0.05) is 18.0 Å². The Morgan fingerprint density at radius 3 is 2.37 bits per heavy atom. The highest BCUT2D eigenvalue weighted by atomic mass is 35.5. The minimum absolute atomic E-state index is 0. The van der Waals surface area contributed by atoms with E-state index in [9.17, 15) is 13.2 Å². The zero-order valence-electron chi connectivity index (χ0n) is 14.8. The van der Waals surface area contributed by atoms with Crippen LogP contribution in [0.15, 0.2) is 59.5 Å². The number of carboxylic acids is 1. The summed E-state index contributed by atoms with van der Waals surface area (Å²) in [4.78, 5) is 15.4. The number of halogens is 1. The highest BCUT2D eigenvalue weighted by Crippen LogP contribution is 2.25. The van der Waals surface area contributed by atoms with E-state index in [1.807, 2.05) is 37.3 Å². The van der Waals surface area contributed by atoms with E-state index < -0.39 is 22.5 Å². The van der Waals surface area contributed by atoms with E-state index in [-0.39, 0.29) is 17.3 Å². The number of aryl methyl sites for hydroxylation is 1. The number of carboxylic acid groups (broad SMARTS) is 1. The highest BCUT2D eigenvalue weighted by Gasteiger charge is 2.22. The molecule has 142 valence electrons. The molecule has 0 bridgehead atoms. The molecule has 3 rings (SSSR count). The van der Waals surface area contributed by atoms with Gasteiger partial charge in [-0.1, -0.05) is 30.3 Å². The monoisotopic (exact) mass is 406 g/mol. The van der Waals surface area contributed by atoms with Crippen molar-refractivity contribution in [3.63, 3.8) is 0 Å². The summed E-state index contributed by atoms with van der Waals surface area (Å²) >= 11 is 0. The molecular formula is C19H19ClN2O4S. The van der Waals surface area contributed by atoms with Crippen LogP contribution < -0.4 is 0 Å². The molecular weight excluding hydrogens is 388 g/mol. The van der Waals surface area contributed by atoms with Crippen LogP contribution in [0.25, 0.3) is 22.2 Å². The van der Waals surface area contributed by atoms with Gasteiger partial charge in [0.1, 0.15) is 6.54 Å². The van der Waals surface area contributed by atoms with Crippen LogP contribution in [0.5, 0.6) is 0 Å². The lowest BCUT2D eigenvalue weighted by atomic mass is 10.1. The number of aromatic nitrogens is 1. The summed E-state index contributed by atoms with van der Waals surface area (Å²) in [6, 6.07) is 16.1. The molecule has 3 aromatic rings. The van der Waals surface area contributed by atoms with Gasteiger partial charge in [0.15, 0.2) is 0 Å². The Bertz CT molecular complexity index is 1080. The maximum Gasteiger partial charge on any atom is 0.318 e. The van der Waals surface area contributed by atoms with Crippen LogP contribution in [0.3, 0.4) is 0 Å². The SMILES string of the molecule is Cc1cc(-c2ccc(S(=O)(=O)N(C)CC(=O)O)cc2)nc2ccccc12.Cl. The van der Waals surface area contributed by atoms with Crippen molar-refractivity contribution in [2.45, 2.75) is 11.8 Å². The molecule has 1 N–H and O–H groups in total. The van der Waals surface area contributed by atoms with Gasteiger partial charge >= 0.3 is 5.97 Å². The van der Waals surface area contributed by atoms with Crippen LogP contribution in [0.2, 0.25) is 0 Å². The molecule has 0 saturated carbocycles. The number of pyridine rings is 1. The lowest BCUT2D eigenvalue weighted by Crippen LogP contribution is -2.31. The lowest BCUT2D eigenvalue weighted by molar-refractivity contribution is -0.137. The molecule has 0 unspecified atom stereocenters. The van der Waals surface area contributed by atoms with Gasteiger partial charge in [-0.3, -0.25) is 4.79 Å². The number of benzene rings is 2. The van der Waals surface area contributed by atoms with E-state index in [0.29, 0.717) is 0 Å². The number of hydrogen-bond donors (Lipinski definition) is 1. The quantitative estimate of drug-likeness (QED) is 0.702. The molecule has 0 aliphatic carbocycles. The Morgan fingerprint density at radius 1 is 1.11 bits per heavy atom. The first-order valence-corrected chi connectivity index (χ1v) is 9.38. The molecule has 0 aliphatic heterocycles. The van der Waals surface area contributed by atoms with Crippen molar-refractivity contribution in [1.29, 1.82) is 0 Å². The number of para-hydroxylation sites is 1. The number of sulfonamides is 1. The van der Waals surface area contributed by atoms with Gasteiger partial charge in [0.25, 0.3) is 0 Å². The maximum atomic E-state index is 12.4. The Labute approximate surface area is 163 Å². The number of rotatable bonds is 5. The van der Waals surface area contributed by atoms with Crippen molar-refractivity contribution >= 4 is 39.3 Å². The van der Waals surface area contributed by atoms with E-state index in [1.165, 1.54) is 19.2 Å². The van der Waals surface area contributed by atoms with Crippen molar-refractivity contribution in [3.8, 4) is 11.3 Å². The second-order valence-electron chi connectivity index (χ2n) is 6.02. The van der Waals surface area contributed by atoms with E-state index in [4.69, 9.17) is 5.11 Å². The van der Waals surface area contributed by atoms with Gasteiger partial charge in [0.2, 0.25) is 10.0 Å². The maximum absolute atomic E-state index is 12.4. The van der Waals surface area contributed by atoms with Crippen LogP contribution in [0.4, 0.5) is 0 Å². The molecule has 8 heteroatoms. The van der Waals surface area contributed by atoms with Gasteiger partial charge in [-0.25, -0.2) is 13.4 Å². The fraction of sp³-hybridized carbons (Fsp3) is 0.158. The van der Waals surface area contributed by atoms with Gasteiger partial charge in [0.05, 0.1) is 16.1 Å². The molecule has 0 aliphatic rings. The zero-order valence-corrected chi connectivity index (χ0v) is 16.4. The fourth-order valence-corrected chi connectivity index (χ4v) is 3.87. The molecule has 0 atom stereocenters. The highest BCUT2D eigenvalue weighted by molar-refractivity contribution is 7.89. The van der Waals surface area contributed by atoms with Crippen molar-refractivity contribution in [3.05, 3.63) is 60.2 Å². The van der Waals surface area contributed by atoms with Crippen molar-refractivity contribution < 1.29 is 18.3 Å². The minimum Gasteiger partial charge on any atom is -0.480 e. The molecule has 0 amide bonds. The summed E-state index contributed by atoms with van der Waals surface area (Å²) in [5, 5.41) is 9.86. The van der Waals surface area contributed by atoms with E-state index in [2.05, 4.69) is 4.98 Å². The van der Waals surface area contributed by atoms with Crippen LogP contribution >= 0.6 is 12.4 Å². The van der Waals surface area contributed by atoms with E-state index in [1.54, 1.807) is 12.1 Å². The molecule has 0 fully saturated rings. The minimum atomic E-state index is -3.84. The number of hydrogen-bond acceptors (Lipinski definition) is 4. The summed E-state index contributed by atoms with van der Waals surface area (Å²) in [5.41, 5.74) is 3.51. The fourth-order valence-electron chi connectivity index (χ4n) is 2.75. The Hall–Kier alpha value is -2.48. The Balaban J connectivity index is 0.00000261. The third kappa shape index (κ3) is 4.27. The van der Waals surface area contributed by atoms with Crippen LogP contribution in [0.1, 0.15) is 5.56 Å². The van der Waals surface area contributed by atoms with Gasteiger partial charge in [-0.2, -0.15) is 4.31 Å². The summed E-state index contributed by atoms with van der Waals surface area (Å²) < 4.78 is 25.6. The first kappa shape index (κ1) is 20.8. The predicted octanol–water partition coefficient (Wildman–Crippen LogP) is 3.34. The normalized spacial score (nSPS) is 11.4. The second-order valence-corrected chi connectivity index (χ2v) is 8.07. The van der Waals surface area contributed by atoms with Crippen molar-refractivity contribution in [1.82, 2.24) is 9.29 Å². The van der Waals surface area contributed by atoms with E-state index >= 15 is 0 Å². The number of nitrogens with zero attached hydrogens (tertiary/aromatic N) is 2. The van der Waals surface area contributed by atoms with Crippen molar-refractivity contribution in [2.24, 2.45) is 0 Å². The average molecular weight is 407 g/mol. The summed E-state index contributed by atoms with van der Waals surface area (Å²) in [6.07, 6.45) is 0. The van der Waals surface area contributed by atoms with Crippen molar-refractivity contribution in [2.75, 3.05) is 13.6 Å². The zero-order chi connectivity index (χ0) is 18.9. The smallest absolute Gasteiger partial charge is 0.318 e. The Morgan fingerprint density at radius 2 is 1.74 bits per heavy atom. The van der Waals surface area contributed by atoms with Gasteiger partial charge < -0.3 is 5.11 Å². The van der Waals surface area contributed by atoms with Crippen LogP contribution in [-0.2, 0) is 14.8 Å². The van der Waals surface area contributed by atoms with Crippen LogP contribution in [-0.4, -0.2) is 42.4 Å². The van der Waals surface area contributed by atoms with E-state index in [0.717, 1.165) is 32.0 Å². The summed E-state index contributed by atoms with van der Waals surface area (Å²) in [6.45, 7) is 1.42. The number of aliphatic carboxylic acids is 1. The molecule has 2 aromatic carbocycles. The molecule has 1 aromatic heterocycles. The standard InChI is InChI=1S/C19H18N2O4S.ClH/c1-13-11-18(20-17-6-4-3-5-16(13)17)14-7-9-15(10-8-14)26(24,25)21(2)12-19(22)23;/h3-11H,12H2,1-2H3,(H,22,23);1H. The predicted molar refractivity (Wildman–Crippen MR) is 107 cm³/mol. The molecule has 27 heavy (non-hydrogen) atoms. The van der Waals surface area contributed by atoms with Gasteiger partial charge in [-0.05, 0) is 36.8 Å². The third-order valence-electron chi connectivity index (χ3n) is 4.14. The average Bonchev–Trinajstić information content (AvgIpc) is 2.61. The third-order valence-corrected chi connectivity index (χ3v) is 5.96. The Kier molecular flexibility index (Phi) is 6.20. The summed E-state index contributed by atoms with van der Waals surface area (Å²) in [7, 11) is -2.60. The van der Waals surface area contributed by atoms with Crippen LogP contribution in [0, 0.1) is 6.92 Å². The number of likely N-dealkylation sites (N-methyl/N-ethyl adjacent to an activating group) is 1. The first-order chi connectivity index (χ1) is 12.3. The topological polar surface area (TPSA) is 87.6 Å². The lowest BCUT2D eigenvalue weighted by Gasteiger charge is -2.15. The largest absolute Gasteiger partial charge is 0.480 e. The second kappa shape index (κ2) is 8.04. The molecule has 1 heterocycles. The molecule has 0 saturated heterocycles. The first-order valence-electron chi connectivity index (χ1n) is 7.94. The molecule has 0 radical (unpaired) electrons.